The molecule has 30 heavy (non-hydrogen) atoms. The number of benzene rings is 3. The van der Waals surface area contributed by atoms with Gasteiger partial charge in [-0.3, -0.25) is 0 Å². The molecular weight excluding hydrogens is 366 g/mol. The van der Waals surface area contributed by atoms with Gasteiger partial charge >= 0.3 is 0 Å². The van der Waals surface area contributed by atoms with E-state index in [-0.39, 0.29) is 0 Å². The van der Waals surface area contributed by atoms with Crippen molar-refractivity contribution in [2.24, 2.45) is 0 Å². The normalized spacial score (nSPS) is 12.8. The van der Waals surface area contributed by atoms with Crippen LogP contribution in [0.3, 0.4) is 0 Å². The highest BCUT2D eigenvalue weighted by Gasteiger charge is 2.26. The Kier molecular flexibility index (Phi) is 4.88. The number of nitrogens with zero attached hydrogens (tertiary/aromatic N) is 2. The zero-order valence-corrected chi connectivity index (χ0v) is 17.6. The Morgan fingerprint density at radius 1 is 0.867 bits per heavy atom. The highest BCUT2D eigenvalue weighted by molar-refractivity contribution is 5.58. The second kappa shape index (κ2) is 7.83. The lowest BCUT2D eigenvalue weighted by Gasteiger charge is -2.17. The SMILES string of the molecule is Cc1ccc(-n2nc(CC(c3ccccc3)c3ccccc3)c3c2NCC3)cc1C. The molecule has 1 N–H and O–H groups in total. The number of hydrogen-bond donors (Lipinski definition) is 1. The number of fused-ring (bicyclic) bond motifs is 1. The van der Waals surface area contributed by atoms with Crippen molar-refractivity contribution in [1.82, 2.24) is 9.78 Å². The van der Waals surface area contributed by atoms with Crippen LogP contribution in [0, 0.1) is 13.8 Å². The summed E-state index contributed by atoms with van der Waals surface area (Å²) in [5, 5.41) is 8.69. The smallest absolute Gasteiger partial charge is 0.133 e. The van der Waals surface area contributed by atoms with E-state index in [0.717, 1.165) is 30.9 Å². The molecule has 1 aliphatic heterocycles. The summed E-state index contributed by atoms with van der Waals surface area (Å²) >= 11 is 0. The van der Waals surface area contributed by atoms with Crippen LogP contribution in [-0.2, 0) is 12.8 Å². The van der Waals surface area contributed by atoms with Gasteiger partial charge in [-0.1, -0.05) is 66.7 Å². The highest BCUT2D eigenvalue weighted by atomic mass is 15.3. The van der Waals surface area contributed by atoms with Crippen LogP contribution in [0.15, 0.2) is 78.9 Å². The predicted molar refractivity (Wildman–Crippen MR) is 124 cm³/mol. The summed E-state index contributed by atoms with van der Waals surface area (Å²) in [6, 6.07) is 28.2. The van der Waals surface area contributed by atoms with Gasteiger partial charge in [-0.2, -0.15) is 5.10 Å². The predicted octanol–water partition coefficient (Wildman–Crippen LogP) is 5.83. The molecule has 150 valence electrons. The van der Waals surface area contributed by atoms with Crippen molar-refractivity contribution in [2.75, 3.05) is 11.9 Å². The maximum Gasteiger partial charge on any atom is 0.133 e. The first kappa shape index (κ1) is 18.7. The third kappa shape index (κ3) is 3.41. The van der Waals surface area contributed by atoms with Gasteiger partial charge in [0.25, 0.3) is 0 Å². The van der Waals surface area contributed by atoms with Crippen LogP contribution in [0.25, 0.3) is 5.69 Å². The minimum absolute atomic E-state index is 0.292. The Morgan fingerprint density at radius 2 is 1.53 bits per heavy atom. The van der Waals surface area contributed by atoms with E-state index in [9.17, 15) is 0 Å². The summed E-state index contributed by atoms with van der Waals surface area (Å²) in [5.74, 6) is 1.45. The molecule has 3 aromatic carbocycles. The highest BCUT2D eigenvalue weighted by Crippen LogP contribution is 2.34. The Balaban J connectivity index is 1.57. The van der Waals surface area contributed by atoms with Crippen molar-refractivity contribution in [3.63, 3.8) is 0 Å². The monoisotopic (exact) mass is 393 g/mol. The fourth-order valence-electron chi connectivity index (χ4n) is 4.45. The number of aryl methyl sites for hydroxylation is 2. The Bertz CT molecular complexity index is 1120. The van der Waals surface area contributed by atoms with Gasteiger partial charge in [-0.05, 0) is 54.7 Å². The van der Waals surface area contributed by atoms with Crippen LogP contribution in [0.2, 0.25) is 0 Å². The molecule has 4 aromatic rings. The van der Waals surface area contributed by atoms with Crippen molar-refractivity contribution in [3.05, 3.63) is 112 Å². The maximum absolute atomic E-state index is 5.12. The molecule has 3 heteroatoms. The fraction of sp³-hybridized carbons (Fsp3) is 0.222. The van der Waals surface area contributed by atoms with E-state index in [0.29, 0.717) is 5.92 Å². The van der Waals surface area contributed by atoms with E-state index in [2.05, 4.69) is 103 Å². The second-order valence-corrected chi connectivity index (χ2v) is 8.21. The Labute approximate surface area is 178 Å². The zero-order valence-electron chi connectivity index (χ0n) is 17.6. The summed E-state index contributed by atoms with van der Waals surface area (Å²) in [7, 11) is 0. The first-order valence-corrected chi connectivity index (χ1v) is 10.7. The molecule has 0 amide bonds. The quantitative estimate of drug-likeness (QED) is 0.462. The largest absolute Gasteiger partial charge is 0.369 e. The number of anilines is 1. The van der Waals surface area contributed by atoms with Gasteiger partial charge in [0, 0.05) is 24.4 Å². The van der Waals surface area contributed by atoms with Crippen molar-refractivity contribution < 1.29 is 0 Å². The first-order valence-electron chi connectivity index (χ1n) is 10.7. The van der Waals surface area contributed by atoms with Gasteiger partial charge in [0.05, 0.1) is 11.4 Å². The zero-order chi connectivity index (χ0) is 20.5. The lowest BCUT2D eigenvalue weighted by Crippen LogP contribution is -2.09. The standard InChI is InChI=1S/C27H27N3/c1-19-13-14-23(17-20(19)2)30-27-24(15-16-28-27)26(29-30)18-25(21-9-5-3-6-10-21)22-11-7-4-8-12-22/h3-14,17,25,28H,15-16,18H2,1-2H3. The molecule has 1 aromatic heterocycles. The van der Waals surface area contributed by atoms with Crippen LogP contribution in [-0.4, -0.2) is 16.3 Å². The molecule has 0 saturated heterocycles. The molecule has 0 aliphatic carbocycles. The van der Waals surface area contributed by atoms with Crippen molar-refractivity contribution in [2.45, 2.75) is 32.6 Å². The molecule has 0 spiro atoms. The summed E-state index contributed by atoms with van der Waals surface area (Å²) in [5.41, 5.74) is 8.97. The third-order valence-electron chi connectivity index (χ3n) is 6.27. The third-order valence-corrected chi connectivity index (χ3v) is 6.27. The van der Waals surface area contributed by atoms with Gasteiger partial charge in [0.2, 0.25) is 0 Å². The van der Waals surface area contributed by atoms with Crippen LogP contribution >= 0.6 is 0 Å². The molecule has 2 heterocycles. The van der Waals surface area contributed by atoms with E-state index >= 15 is 0 Å². The topological polar surface area (TPSA) is 29.9 Å². The van der Waals surface area contributed by atoms with Crippen LogP contribution < -0.4 is 5.32 Å². The van der Waals surface area contributed by atoms with Gasteiger partial charge < -0.3 is 5.32 Å². The Morgan fingerprint density at radius 3 is 2.17 bits per heavy atom. The number of aromatic nitrogens is 2. The van der Waals surface area contributed by atoms with E-state index in [1.165, 1.54) is 33.5 Å². The minimum Gasteiger partial charge on any atom is -0.369 e. The maximum atomic E-state index is 5.12. The Hall–Kier alpha value is -3.33. The van der Waals surface area contributed by atoms with E-state index in [1.807, 2.05) is 0 Å². The molecule has 0 radical (unpaired) electrons. The lowest BCUT2D eigenvalue weighted by atomic mass is 9.86. The summed E-state index contributed by atoms with van der Waals surface area (Å²) in [6.07, 6.45) is 1.93. The molecule has 0 atom stereocenters. The molecular formula is C27H27N3. The fourth-order valence-corrected chi connectivity index (χ4v) is 4.45. The number of rotatable bonds is 5. The summed E-state index contributed by atoms with van der Waals surface area (Å²) in [6.45, 7) is 5.30. The van der Waals surface area contributed by atoms with Crippen LogP contribution in [0.5, 0.6) is 0 Å². The van der Waals surface area contributed by atoms with Crippen molar-refractivity contribution in [3.8, 4) is 5.69 Å². The van der Waals surface area contributed by atoms with Gasteiger partial charge in [-0.25, -0.2) is 4.68 Å². The lowest BCUT2D eigenvalue weighted by molar-refractivity contribution is 0.745. The first-order chi connectivity index (χ1) is 14.7. The van der Waals surface area contributed by atoms with E-state index < -0.39 is 0 Å². The van der Waals surface area contributed by atoms with Crippen molar-refractivity contribution in [1.29, 1.82) is 0 Å². The molecule has 1 aliphatic rings. The average Bonchev–Trinajstić information content (AvgIpc) is 3.39. The number of hydrogen-bond acceptors (Lipinski definition) is 2. The molecule has 0 bridgehead atoms. The van der Waals surface area contributed by atoms with Crippen LogP contribution in [0.4, 0.5) is 5.82 Å². The summed E-state index contributed by atoms with van der Waals surface area (Å²) < 4.78 is 2.11. The average molecular weight is 394 g/mol. The van der Waals surface area contributed by atoms with Gasteiger partial charge in [-0.15, -0.1) is 0 Å². The van der Waals surface area contributed by atoms with Crippen LogP contribution in [0.1, 0.15) is 39.4 Å². The molecule has 0 fully saturated rings. The summed E-state index contributed by atoms with van der Waals surface area (Å²) in [4.78, 5) is 0. The second-order valence-electron chi connectivity index (χ2n) is 8.21. The molecule has 3 nitrogen and oxygen atoms in total. The molecule has 0 unspecified atom stereocenters. The number of nitrogens with one attached hydrogen (secondary N) is 1. The van der Waals surface area contributed by atoms with Crippen molar-refractivity contribution >= 4 is 5.82 Å². The molecule has 0 saturated carbocycles. The minimum atomic E-state index is 0.292. The van der Waals surface area contributed by atoms with Gasteiger partial charge in [0.1, 0.15) is 5.82 Å². The molecule has 5 rings (SSSR count). The van der Waals surface area contributed by atoms with E-state index in [4.69, 9.17) is 5.10 Å². The van der Waals surface area contributed by atoms with Gasteiger partial charge in [0.15, 0.2) is 0 Å². The van der Waals surface area contributed by atoms with E-state index in [1.54, 1.807) is 0 Å².